The first kappa shape index (κ1) is 25.8. The highest BCUT2D eigenvalue weighted by atomic mass is 19.4. The molecule has 2 aromatic carbocycles. The maximum Gasteiger partial charge on any atom is 0.422 e. The molecule has 0 aliphatic carbocycles. The Morgan fingerprint density at radius 2 is 1.70 bits per heavy atom. The van der Waals surface area contributed by atoms with E-state index in [4.69, 9.17) is 14.2 Å². The van der Waals surface area contributed by atoms with Gasteiger partial charge in [0.15, 0.2) is 18.1 Å². The largest absolute Gasteiger partial charge is 0.495 e. The molecule has 7 nitrogen and oxygen atoms in total. The minimum atomic E-state index is -4.46. The fourth-order valence-electron chi connectivity index (χ4n) is 3.04. The Hall–Kier alpha value is -3.43. The minimum Gasteiger partial charge on any atom is -0.495 e. The molecule has 1 N–H and O–H groups in total. The number of para-hydroxylation sites is 2. The Bertz CT molecular complexity index is 950. The number of hydrogen-bond acceptors (Lipinski definition) is 5. The summed E-state index contributed by atoms with van der Waals surface area (Å²) in [7, 11) is 2.82. The van der Waals surface area contributed by atoms with Gasteiger partial charge in [-0.05, 0) is 43.2 Å². The zero-order valence-corrected chi connectivity index (χ0v) is 18.7. The van der Waals surface area contributed by atoms with E-state index >= 15 is 0 Å². The monoisotopic (exact) mass is 468 g/mol. The van der Waals surface area contributed by atoms with Crippen molar-refractivity contribution >= 4 is 17.5 Å². The van der Waals surface area contributed by atoms with Crippen molar-refractivity contribution in [3.8, 4) is 17.2 Å². The number of amides is 2. The molecule has 0 saturated carbocycles. The van der Waals surface area contributed by atoms with E-state index in [1.54, 1.807) is 37.3 Å². The number of nitrogens with zero attached hydrogens (tertiary/aromatic N) is 1. The Kier molecular flexibility index (Phi) is 9.38. The number of ether oxygens (including phenoxy) is 3. The van der Waals surface area contributed by atoms with Gasteiger partial charge in [-0.25, -0.2) is 0 Å². The molecule has 2 amide bonds. The fourth-order valence-corrected chi connectivity index (χ4v) is 3.04. The average molecular weight is 468 g/mol. The fraction of sp³-hybridized carbons (Fsp3) is 0.391. The summed E-state index contributed by atoms with van der Waals surface area (Å²) in [4.78, 5) is 26.5. The van der Waals surface area contributed by atoms with Crippen LogP contribution in [0.1, 0.15) is 18.9 Å². The van der Waals surface area contributed by atoms with E-state index in [2.05, 4.69) is 5.32 Å². The SMILES string of the molecule is CCN(CC(=O)Nc1ccccc1OC)C(=O)CCc1ccc(OCC(F)(F)F)c(OC)c1. The predicted octanol–water partition coefficient (Wildman–Crippen LogP) is 4.06. The van der Waals surface area contributed by atoms with Crippen molar-refractivity contribution in [2.45, 2.75) is 25.9 Å². The molecular formula is C23H27F3N2O5. The highest BCUT2D eigenvalue weighted by molar-refractivity contribution is 5.95. The van der Waals surface area contributed by atoms with Crippen LogP contribution in [0.3, 0.4) is 0 Å². The molecule has 0 saturated heterocycles. The van der Waals surface area contributed by atoms with Crippen molar-refractivity contribution < 1.29 is 37.0 Å². The summed E-state index contributed by atoms with van der Waals surface area (Å²) < 4.78 is 52.2. The van der Waals surface area contributed by atoms with Gasteiger partial charge in [-0.3, -0.25) is 9.59 Å². The maximum absolute atomic E-state index is 12.6. The van der Waals surface area contributed by atoms with Gasteiger partial charge in [0.2, 0.25) is 11.8 Å². The molecule has 0 fully saturated rings. The van der Waals surface area contributed by atoms with Crippen LogP contribution < -0.4 is 19.5 Å². The lowest BCUT2D eigenvalue weighted by Gasteiger charge is -2.21. The van der Waals surface area contributed by atoms with Gasteiger partial charge in [0, 0.05) is 13.0 Å². The topological polar surface area (TPSA) is 77.1 Å². The van der Waals surface area contributed by atoms with Crippen LogP contribution in [0.15, 0.2) is 42.5 Å². The lowest BCUT2D eigenvalue weighted by Crippen LogP contribution is -2.38. The molecule has 2 aromatic rings. The molecular weight excluding hydrogens is 441 g/mol. The number of carbonyl (C=O) groups excluding carboxylic acids is 2. The van der Waals surface area contributed by atoms with Crippen LogP contribution >= 0.6 is 0 Å². The van der Waals surface area contributed by atoms with Crippen LogP contribution in [0.2, 0.25) is 0 Å². The van der Waals surface area contributed by atoms with Crippen molar-refractivity contribution in [2.24, 2.45) is 0 Å². The second-order valence-corrected chi connectivity index (χ2v) is 7.05. The van der Waals surface area contributed by atoms with E-state index in [-0.39, 0.29) is 36.3 Å². The van der Waals surface area contributed by atoms with E-state index in [1.165, 1.54) is 31.3 Å². The van der Waals surface area contributed by atoms with Gasteiger partial charge in [0.1, 0.15) is 5.75 Å². The summed E-state index contributed by atoms with van der Waals surface area (Å²) >= 11 is 0. The summed E-state index contributed by atoms with van der Waals surface area (Å²) in [6.45, 7) is 0.556. The number of carbonyl (C=O) groups is 2. The minimum absolute atomic E-state index is 0.0342. The van der Waals surface area contributed by atoms with Crippen molar-refractivity contribution in [1.29, 1.82) is 0 Å². The predicted molar refractivity (Wildman–Crippen MR) is 117 cm³/mol. The highest BCUT2D eigenvalue weighted by Crippen LogP contribution is 2.30. The molecule has 0 radical (unpaired) electrons. The van der Waals surface area contributed by atoms with E-state index in [0.717, 1.165) is 0 Å². The zero-order chi connectivity index (χ0) is 24.4. The molecule has 0 aromatic heterocycles. The molecule has 33 heavy (non-hydrogen) atoms. The summed E-state index contributed by atoms with van der Waals surface area (Å²) in [5.41, 5.74) is 1.20. The smallest absolute Gasteiger partial charge is 0.422 e. The molecule has 2 rings (SSSR count). The highest BCUT2D eigenvalue weighted by Gasteiger charge is 2.29. The number of rotatable bonds is 11. The number of likely N-dealkylation sites (N-methyl/N-ethyl adjacent to an activating group) is 1. The van der Waals surface area contributed by atoms with Gasteiger partial charge >= 0.3 is 6.18 Å². The number of aryl methyl sites for hydroxylation is 1. The standard InChI is InChI=1S/C23H27F3N2O5/c1-4-28(14-21(29)27-17-7-5-6-8-18(17)31-2)22(30)12-10-16-9-11-19(20(13-16)32-3)33-15-23(24,25)26/h5-9,11,13H,4,10,12,14-15H2,1-3H3,(H,27,29). The number of anilines is 1. The van der Waals surface area contributed by atoms with E-state index in [9.17, 15) is 22.8 Å². The number of hydrogen-bond donors (Lipinski definition) is 1. The molecule has 0 aliphatic rings. The summed E-state index contributed by atoms with van der Waals surface area (Å²) in [5.74, 6) is 0.0317. The second kappa shape index (κ2) is 12.0. The van der Waals surface area contributed by atoms with Gasteiger partial charge in [-0.2, -0.15) is 13.2 Å². The summed E-state index contributed by atoms with van der Waals surface area (Å²) in [6, 6.07) is 11.4. The Balaban J connectivity index is 1.94. The van der Waals surface area contributed by atoms with Crippen LogP contribution in [-0.4, -0.2) is 56.8 Å². The molecule has 0 bridgehead atoms. The van der Waals surface area contributed by atoms with Crippen LogP contribution in [0, 0.1) is 0 Å². The number of alkyl halides is 3. The molecule has 0 spiro atoms. The number of halogens is 3. The van der Waals surface area contributed by atoms with Crippen LogP contribution in [-0.2, 0) is 16.0 Å². The third-order valence-electron chi connectivity index (χ3n) is 4.70. The van der Waals surface area contributed by atoms with Crippen LogP contribution in [0.5, 0.6) is 17.2 Å². The molecule has 0 unspecified atom stereocenters. The lowest BCUT2D eigenvalue weighted by molar-refractivity contribution is -0.153. The second-order valence-electron chi connectivity index (χ2n) is 7.05. The first-order valence-corrected chi connectivity index (χ1v) is 10.2. The molecule has 180 valence electrons. The Morgan fingerprint density at radius 1 is 1.00 bits per heavy atom. The van der Waals surface area contributed by atoms with Gasteiger partial charge < -0.3 is 24.4 Å². The third-order valence-corrected chi connectivity index (χ3v) is 4.70. The van der Waals surface area contributed by atoms with Crippen molar-refractivity contribution in [2.75, 3.05) is 39.2 Å². The van der Waals surface area contributed by atoms with Crippen LogP contribution in [0.25, 0.3) is 0 Å². The van der Waals surface area contributed by atoms with Gasteiger partial charge in [0.05, 0.1) is 26.5 Å². The Labute approximate surface area is 190 Å². The molecule has 0 atom stereocenters. The number of nitrogens with one attached hydrogen (secondary N) is 1. The average Bonchev–Trinajstić information content (AvgIpc) is 2.79. The van der Waals surface area contributed by atoms with E-state index in [1.807, 2.05) is 0 Å². The summed E-state index contributed by atoms with van der Waals surface area (Å²) in [6.07, 6.45) is -4.03. The Morgan fingerprint density at radius 3 is 2.33 bits per heavy atom. The molecule has 0 aliphatic heterocycles. The van der Waals surface area contributed by atoms with E-state index in [0.29, 0.717) is 30.0 Å². The van der Waals surface area contributed by atoms with E-state index < -0.39 is 12.8 Å². The number of benzene rings is 2. The van der Waals surface area contributed by atoms with Crippen LogP contribution in [0.4, 0.5) is 18.9 Å². The van der Waals surface area contributed by atoms with Crippen molar-refractivity contribution in [3.63, 3.8) is 0 Å². The summed E-state index contributed by atoms with van der Waals surface area (Å²) in [5, 5.41) is 2.73. The molecule has 0 heterocycles. The normalized spacial score (nSPS) is 11.0. The molecule has 10 heteroatoms. The maximum atomic E-state index is 12.6. The zero-order valence-electron chi connectivity index (χ0n) is 18.7. The van der Waals surface area contributed by atoms with Gasteiger partial charge in [-0.1, -0.05) is 18.2 Å². The lowest BCUT2D eigenvalue weighted by atomic mass is 10.1. The first-order valence-electron chi connectivity index (χ1n) is 10.2. The quantitative estimate of drug-likeness (QED) is 0.538. The van der Waals surface area contributed by atoms with Gasteiger partial charge in [-0.15, -0.1) is 0 Å². The van der Waals surface area contributed by atoms with Crippen molar-refractivity contribution in [1.82, 2.24) is 4.90 Å². The third kappa shape index (κ3) is 8.21. The van der Waals surface area contributed by atoms with Crippen molar-refractivity contribution in [3.05, 3.63) is 48.0 Å². The number of methoxy groups -OCH3 is 2. The van der Waals surface area contributed by atoms with Gasteiger partial charge in [0.25, 0.3) is 0 Å². The first-order chi connectivity index (χ1) is 15.7.